The molecule has 1 aromatic carbocycles. The second-order valence-electron chi connectivity index (χ2n) is 7.26. The van der Waals surface area contributed by atoms with Crippen molar-refractivity contribution in [1.82, 2.24) is 0 Å². The maximum absolute atomic E-state index is 6.67. The van der Waals surface area contributed by atoms with Crippen molar-refractivity contribution in [3.05, 3.63) is 46.1 Å². The Morgan fingerprint density at radius 3 is 2.36 bits per heavy atom. The van der Waals surface area contributed by atoms with Crippen molar-refractivity contribution < 1.29 is 4.43 Å². The minimum atomic E-state index is -1.76. The predicted molar refractivity (Wildman–Crippen MR) is 102 cm³/mol. The van der Waals surface area contributed by atoms with Gasteiger partial charge in [0.15, 0.2) is 0 Å². The quantitative estimate of drug-likeness (QED) is 0.352. The Bertz CT molecular complexity index is 448. The molecule has 1 rings (SSSR count). The summed E-state index contributed by atoms with van der Waals surface area (Å²) in [5, 5.41) is 0.243. The molecular formula is C19H32OSiTe. The average molecular weight is 432 g/mol. The van der Waals surface area contributed by atoms with E-state index in [0.29, 0.717) is 0 Å². The second kappa shape index (κ2) is 9.28. The first-order valence-electron chi connectivity index (χ1n) is 8.29. The Morgan fingerprint density at radius 2 is 1.82 bits per heavy atom. The van der Waals surface area contributed by atoms with E-state index >= 15 is 0 Å². The van der Waals surface area contributed by atoms with Crippen LogP contribution < -0.4 is 0 Å². The number of hydrogen-bond donors (Lipinski definition) is 0. The van der Waals surface area contributed by atoms with Gasteiger partial charge in [-0.1, -0.05) is 0 Å². The third-order valence-corrected chi connectivity index (χ3v) is 11.3. The summed E-state index contributed by atoms with van der Waals surface area (Å²) in [6, 6.07) is 10.7. The van der Waals surface area contributed by atoms with E-state index in [-0.39, 0.29) is 32.1 Å². The van der Waals surface area contributed by atoms with Crippen LogP contribution in [0.4, 0.5) is 0 Å². The zero-order valence-electron chi connectivity index (χ0n) is 15.1. The van der Waals surface area contributed by atoms with Gasteiger partial charge in [-0.25, -0.2) is 0 Å². The first-order valence-corrected chi connectivity index (χ1v) is 14.2. The van der Waals surface area contributed by atoms with E-state index in [0.717, 1.165) is 0 Å². The molecule has 1 atom stereocenters. The summed E-state index contributed by atoms with van der Waals surface area (Å²) in [6.45, 7) is 13.9. The Balaban J connectivity index is 2.84. The molecular weight excluding hydrogens is 400 g/mol. The summed E-state index contributed by atoms with van der Waals surface area (Å²) in [5.41, 5.74) is 1.28. The van der Waals surface area contributed by atoms with Crippen LogP contribution in [0.25, 0.3) is 0 Å². The molecule has 0 radical (unpaired) electrons. The van der Waals surface area contributed by atoms with Crippen LogP contribution in [0.15, 0.2) is 40.5 Å². The molecule has 1 aromatic rings. The first-order chi connectivity index (χ1) is 10.3. The van der Waals surface area contributed by atoms with E-state index in [1.165, 1.54) is 22.9 Å². The normalized spacial score (nSPS) is 14.5. The van der Waals surface area contributed by atoms with Crippen LogP contribution in [-0.2, 0) is 4.43 Å². The van der Waals surface area contributed by atoms with Gasteiger partial charge in [0.2, 0.25) is 0 Å². The Morgan fingerprint density at radius 1 is 1.18 bits per heavy atom. The van der Waals surface area contributed by atoms with Crippen LogP contribution in [0, 0.1) is 0 Å². The summed E-state index contributed by atoms with van der Waals surface area (Å²) in [5.74, 6) is 0. The third kappa shape index (κ3) is 6.58. The summed E-state index contributed by atoms with van der Waals surface area (Å²) >= 11 is -0.00102. The van der Waals surface area contributed by atoms with E-state index < -0.39 is 8.32 Å². The first kappa shape index (κ1) is 20.0. The third-order valence-electron chi connectivity index (χ3n) is 4.32. The van der Waals surface area contributed by atoms with Crippen LogP contribution in [-0.4, -0.2) is 29.2 Å². The number of benzene rings is 1. The summed E-state index contributed by atoms with van der Waals surface area (Å²) in [7, 11) is -1.76. The molecule has 0 aliphatic carbocycles. The topological polar surface area (TPSA) is 9.23 Å². The Kier molecular flexibility index (Phi) is 8.42. The van der Waals surface area contributed by atoms with Crippen LogP contribution in [0.5, 0.6) is 0 Å². The molecule has 0 aromatic heterocycles. The standard InChI is InChI=1S/C19H32OSiTe/c1-7-8-15-22-16-14-18(17-12-10-9-11-13-17)20-21(5,6)19(2,3)4/h9-14,16,18H,7-8,15H2,1-6H3/b16-14-. The van der Waals surface area contributed by atoms with Gasteiger partial charge >= 0.3 is 149 Å². The van der Waals surface area contributed by atoms with Gasteiger partial charge in [0, 0.05) is 0 Å². The molecule has 0 fully saturated rings. The van der Waals surface area contributed by atoms with Gasteiger partial charge in [0.25, 0.3) is 0 Å². The Hall–Kier alpha value is -0.0735. The molecule has 0 amide bonds. The van der Waals surface area contributed by atoms with Crippen molar-refractivity contribution in [2.45, 2.75) is 69.2 Å². The molecule has 1 nitrogen and oxygen atoms in total. The number of rotatable bonds is 8. The fraction of sp³-hybridized carbons (Fsp3) is 0.579. The molecule has 0 bridgehead atoms. The van der Waals surface area contributed by atoms with Gasteiger partial charge in [-0.15, -0.1) is 0 Å². The van der Waals surface area contributed by atoms with E-state index in [1.807, 2.05) is 0 Å². The molecule has 0 spiro atoms. The fourth-order valence-electron chi connectivity index (χ4n) is 1.78. The molecule has 22 heavy (non-hydrogen) atoms. The van der Waals surface area contributed by atoms with Crippen molar-refractivity contribution in [2.75, 3.05) is 0 Å². The second-order valence-corrected chi connectivity index (χ2v) is 14.9. The molecule has 0 saturated carbocycles. The molecule has 0 aliphatic rings. The molecule has 124 valence electrons. The Labute approximate surface area is 148 Å². The molecule has 0 N–H and O–H groups in total. The monoisotopic (exact) mass is 434 g/mol. The molecule has 1 unspecified atom stereocenters. The molecule has 0 heterocycles. The molecule has 0 saturated heterocycles. The van der Waals surface area contributed by atoms with Crippen molar-refractivity contribution in [2.24, 2.45) is 0 Å². The van der Waals surface area contributed by atoms with Gasteiger partial charge in [-0.2, -0.15) is 0 Å². The molecule has 0 aliphatic heterocycles. The van der Waals surface area contributed by atoms with Crippen LogP contribution in [0.3, 0.4) is 0 Å². The van der Waals surface area contributed by atoms with Gasteiger partial charge in [0.05, 0.1) is 0 Å². The number of hydrogen-bond acceptors (Lipinski definition) is 1. The van der Waals surface area contributed by atoms with E-state index in [2.05, 4.69) is 81.3 Å². The van der Waals surface area contributed by atoms with Crippen molar-refractivity contribution in [1.29, 1.82) is 0 Å². The predicted octanol–water partition coefficient (Wildman–Crippen LogP) is 6.19. The van der Waals surface area contributed by atoms with Gasteiger partial charge in [0.1, 0.15) is 0 Å². The van der Waals surface area contributed by atoms with E-state index in [1.54, 1.807) is 0 Å². The van der Waals surface area contributed by atoms with Crippen molar-refractivity contribution >= 4 is 29.2 Å². The van der Waals surface area contributed by atoms with Crippen LogP contribution in [0.1, 0.15) is 52.2 Å². The average Bonchev–Trinajstić information content (AvgIpc) is 2.45. The zero-order chi connectivity index (χ0) is 16.6. The fourth-order valence-corrected chi connectivity index (χ4v) is 5.39. The summed E-state index contributed by atoms with van der Waals surface area (Å²) in [6.07, 6.45) is 5.12. The van der Waals surface area contributed by atoms with Crippen molar-refractivity contribution in [3.8, 4) is 0 Å². The summed E-state index contributed by atoms with van der Waals surface area (Å²) in [4.78, 5) is 0. The summed E-state index contributed by atoms with van der Waals surface area (Å²) < 4.78 is 10.5. The van der Waals surface area contributed by atoms with Gasteiger partial charge in [-0.3, -0.25) is 0 Å². The van der Waals surface area contributed by atoms with Crippen LogP contribution >= 0.6 is 0 Å². The SMILES string of the molecule is CCCC[Te]/C=C\C(O[Si](C)(C)C(C)(C)C)c1ccccc1. The maximum atomic E-state index is 6.67. The van der Waals surface area contributed by atoms with Gasteiger partial charge in [-0.05, 0) is 0 Å². The molecule has 3 heteroatoms. The minimum absolute atomic E-state index is 0.00102. The van der Waals surface area contributed by atoms with E-state index in [9.17, 15) is 0 Å². The van der Waals surface area contributed by atoms with Crippen LogP contribution in [0.2, 0.25) is 22.6 Å². The van der Waals surface area contributed by atoms with Gasteiger partial charge < -0.3 is 0 Å². The zero-order valence-corrected chi connectivity index (χ0v) is 18.4. The van der Waals surface area contributed by atoms with E-state index in [4.69, 9.17) is 4.43 Å². The number of unbranched alkanes of at least 4 members (excludes halogenated alkanes) is 1. The van der Waals surface area contributed by atoms with Crippen molar-refractivity contribution in [3.63, 3.8) is 0 Å².